The molecule has 0 spiro atoms. The molecule has 1 heterocycles. The lowest BCUT2D eigenvalue weighted by atomic mass is 10.2. The Morgan fingerprint density at radius 1 is 1.23 bits per heavy atom. The van der Waals surface area contributed by atoms with Crippen molar-refractivity contribution in [2.45, 2.75) is 0 Å². The Bertz CT molecular complexity index is 407. The predicted molar refractivity (Wildman–Crippen MR) is 50.8 cm³/mol. The summed E-state index contributed by atoms with van der Waals surface area (Å²) in [6.45, 7) is 0. The van der Waals surface area contributed by atoms with Gasteiger partial charge in [-0.1, -0.05) is 11.6 Å². The number of phenolic OH excluding ortho intramolecular Hbond substituents is 1. The summed E-state index contributed by atoms with van der Waals surface area (Å²) in [5, 5.41) is 9.67. The summed E-state index contributed by atoms with van der Waals surface area (Å²) in [5.41, 5.74) is 0.812. The molecule has 0 saturated carbocycles. The Labute approximate surface area is 80.4 Å². The average Bonchev–Trinajstić information content (AvgIpc) is 2.62. The first-order valence-corrected chi connectivity index (χ1v) is 4.17. The maximum atomic E-state index is 9.33. The van der Waals surface area contributed by atoms with Crippen LogP contribution >= 0.6 is 11.6 Å². The molecule has 66 valence electrons. The molecule has 0 amide bonds. The van der Waals surface area contributed by atoms with Crippen LogP contribution in [0.25, 0.3) is 11.3 Å². The van der Waals surface area contributed by atoms with Gasteiger partial charge in [0, 0.05) is 5.56 Å². The van der Waals surface area contributed by atoms with Crippen molar-refractivity contribution in [1.82, 2.24) is 0 Å². The number of benzene rings is 1. The summed E-state index contributed by atoms with van der Waals surface area (Å²) in [7, 11) is 0. The first kappa shape index (κ1) is 8.20. The van der Waals surface area contributed by atoms with E-state index >= 15 is 0 Å². The number of rotatable bonds is 1. The average molecular weight is 195 g/mol. The van der Waals surface area contributed by atoms with Gasteiger partial charge in [0.25, 0.3) is 0 Å². The van der Waals surface area contributed by atoms with Gasteiger partial charge in [-0.3, -0.25) is 0 Å². The maximum absolute atomic E-state index is 9.33. The first-order valence-electron chi connectivity index (χ1n) is 3.80. The van der Waals surface area contributed by atoms with Gasteiger partial charge in [0.2, 0.25) is 0 Å². The minimum Gasteiger partial charge on any atom is -0.506 e. The molecule has 1 aromatic carbocycles. The van der Waals surface area contributed by atoms with Crippen molar-refractivity contribution in [3.8, 4) is 17.1 Å². The van der Waals surface area contributed by atoms with E-state index in [1.54, 1.807) is 30.5 Å². The quantitative estimate of drug-likeness (QED) is 0.756. The smallest absolute Gasteiger partial charge is 0.134 e. The number of hydrogen-bond donors (Lipinski definition) is 1. The van der Waals surface area contributed by atoms with Gasteiger partial charge in [0.15, 0.2) is 0 Å². The highest BCUT2D eigenvalue weighted by atomic mass is 35.5. The van der Waals surface area contributed by atoms with E-state index in [9.17, 15) is 5.11 Å². The third-order valence-electron chi connectivity index (χ3n) is 1.75. The van der Waals surface area contributed by atoms with Gasteiger partial charge < -0.3 is 9.52 Å². The zero-order chi connectivity index (χ0) is 9.26. The van der Waals surface area contributed by atoms with Crippen LogP contribution in [0.5, 0.6) is 5.75 Å². The Balaban J connectivity index is 2.49. The van der Waals surface area contributed by atoms with Crippen LogP contribution in [0.4, 0.5) is 0 Å². The lowest BCUT2D eigenvalue weighted by Crippen LogP contribution is -1.74. The van der Waals surface area contributed by atoms with Crippen LogP contribution in [-0.2, 0) is 0 Å². The normalized spacial score (nSPS) is 10.2. The summed E-state index contributed by atoms with van der Waals surface area (Å²) in [4.78, 5) is 0. The number of hydrogen-bond acceptors (Lipinski definition) is 2. The zero-order valence-corrected chi connectivity index (χ0v) is 7.45. The Morgan fingerprint density at radius 3 is 2.69 bits per heavy atom. The highest BCUT2D eigenvalue weighted by Gasteiger charge is 2.03. The fraction of sp³-hybridized carbons (Fsp3) is 0. The fourth-order valence-electron chi connectivity index (χ4n) is 1.11. The minimum atomic E-state index is 0.0653. The molecule has 0 fully saturated rings. The molecule has 0 aliphatic heterocycles. The molecule has 0 saturated heterocycles. The lowest BCUT2D eigenvalue weighted by molar-refractivity contribution is 0.475. The van der Waals surface area contributed by atoms with Gasteiger partial charge in [-0.2, -0.15) is 0 Å². The lowest BCUT2D eigenvalue weighted by Gasteiger charge is -1.99. The second kappa shape index (κ2) is 3.15. The molecule has 3 heteroatoms. The molecule has 13 heavy (non-hydrogen) atoms. The van der Waals surface area contributed by atoms with Crippen LogP contribution in [0, 0.1) is 0 Å². The van der Waals surface area contributed by atoms with E-state index in [2.05, 4.69) is 0 Å². The van der Waals surface area contributed by atoms with Crippen LogP contribution in [0.2, 0.25) is 5.02 Å². The Kier molecular flexibility index (Phi) is 1.99. The molecule has 0 radical (unpaired) electrons. The summed E-state index contributed by atoms with van der Waals surface area (Å²) in [6, 6.07) is 8.61. The summed E-state index contributed by atoms with van der Waals surface area (Å²) in [6.07, 6.45) is 1.58. The van der Waals surface area contributed by atoms with Crippen molar-refractivity contribution < 1.29 is 9.52 Å². The summed E-state index contributed by atoms with van der Waals surface area (Å²) < 4.78 is 5.16. The third-order valence-corrected chi connectivity index (χ3v) is 2.07. The largest absolute Gasteiger partial charge is 0.506 e. The monoisotopic (exact) mass is 194 g/mol. The van der Waals surface area contributed by atoms with Gasteiger partial charge in [-0.25, -0.2) is 0 Å². The highest BCUT2D eigenvalue weighted by molar-refractivity contribution is 6.32. The van der Waals surface area contributed by atoms with Crippen LogP contribution in [-0.4, -0.2) is 5.11 Å². The van der Waals surface area contributed by atoms with Gasteiger partial charge in [-0.15, -0.1) is 0 Å². The molecule has 0 unspecified atom stereocenters. The molecular weight excluding hydrogens is 188 g/mol. The Morgan fingerprint density at radius 2 is 2.08 bits per heavy atom. The zero-order valence-electron chi connectivity index (χ0n) is 6.70. The van der Waals surface area contributed by atoms with E-state index in [0.717, 1.165) is 5.56 Å². The summed E-state index contributed by atoms with van der Waals surface area (Å²) >= 11 is 5.66. The van der Waals surface area contributed by atoms with E-state index in [1.165, 1.54) is 0 Å². The van der Waals surface area contributed by atoms with Gasteiger partial charge in [0.05, 0.1) is 11.3 Å². The number of halogens is 1. The molecule has 0 atom stereocenters. The number of aromatic hydroxyl groups is 1. The molecule has 0 bridgehead atoms. The molecule has 1 N–H and O–H groups in total. The first-order chi connectivity index (χ1) is 6.27. The second-order valence-electron chi connectivity index (χ2n) is 2.64. The van der Waals surface area contributed by atoms with Crippen molar-refractivity contribution in [1.29, 1.82) is 0 Å². The van der Waals surface area contributed by atoms with E-state index in [4.69, 9.17) is 16.0 Å². The SMILES string of the molecule is Oc1cc(-c2ccco2)ccc1Cl. The molecule has 2 nitrogen and oxygen atoms in total. The van der Waals surface area contributed by atoms with E-state index in [0.29, 0.717) is 10.8 Å². The van der Waals surface area contributed by atoms with E-state index < -0.39 is 0 Å². The van der Waals surface area contributed by atoms with Crippen LogP contribution in [0.15, 0.2) is 41.0 Å². The second-order valence-corrected chi connectivity index (χ2v) is 3.05. The van der Waals surface area contributed by atoms with Crippen molar-refractivity contribution >= 4 is 11.6 Å². The topological polar surface area (TPSA) is 33.4 Å². The number of furan rings is 1. The van der Waals surface area contributed by atoms with Gasteiger partial charge in [0.1, 0.15) is 11.5 Å². The summed E-state index contributed by atoms with van der Waals surface area (Å²) in [5.74, 6) is 0.780. The van der Waals surface area contributed by atoms with Crippen LogP contribution in [0.1, 0.15) is 0 Å². The highest BCUT2D eigenvalue weighted by Crippen LogP contribution is 2.29. The van der Waals surface area contributed by atoms with Gasteiger partial charge >= 0.3 is 0 Å². The molecule has 0 aliphatic rings. The van der Waals surface area contributed by atoms with Crippen LogP contribution < -0.4 is 0 Å². The van der Waals surface area contributed by atoms with E-state index in [1.807, 2.05) is 6.07 Å². The number of phenols is 1. The predicted octanol–water partition coefficient (Wildman–Crippen LogP) is 3.31. The molecule has 0 aliphatic carbocycles. The van der Waals surface area contributed by atoms with Crippen molar-refractivity contribution in [3.05, 3.63) is 41.6 Å². The molecule has 2 aromatic rings. The minimum absolute atomic E-state index is 0.0653. The maximum Gasteiger partial charge on any atom is 0.134 e. The van der Waals surface area contributed by atoms with Gasteiger partial charge in [-0.05, 0) is 30.3 Å². The van der Waals surface area contributed by atoms with Crippen molar-refractivity contribution in [2.75, 3.05) is 0 Å². The molecule has 2 rings (SSSR count). The molecular formula is C10H7ClO2. The van der Waals surface area contributed by atoms with Crippen LogP contribution in [0.3, 0.4) is 0 Å². The van der Waals surface area contributed by atoms with Crippen molar-refractivity contribution in [3.63, 3.8) is 0 Å². The van der Waals surface area contributed by atoms with Crippen molar-refractivity contribution in [2.24, 2.45) is 0 Å². The fourth-order valence-corrected chi connectivity index (χ4v) is 1.23. The standard InChI is InChI=1S/C10H7ClO2/c11-8-4-3-7(6-9(8)12)10-2-1-5-13-10/h1-6,12H. The molecule has 1 aromatic heterocycles. The third kappa shape index (κ3) is 1.53. The van der Waals surface area contributed by atoms with E-state index in [-0.39, 0.29) is 5.75 Å². The Hall–Kier alpha value is -1.41.